The number of aromatic nitrogens is 2. The van der Waals surface area contributed by atoms with E-state index >= 15 is 0 Å². The van der Waals surface area contributed by atoms with E-state index in [9.17, 15) is 0 Å². The van der Waals surface area contributed by atoms with Gasteiger partial charge < -0.3 is 20.2 Å². The molecular weight excluding hydrogens is 266 g/mol. The van der Waals surface area contributed by atoms with Crippen LogP contribution >= 0.6 is 0 Å². The van der Waals surface area contributed by atoms with Gasteiger partial charge in [0, 0.05) is 30.5 Å². The molecule has 0 saturated carbocycles. The normalized spacial score (nSPS) is 15.2. The molecule has 0 saturated heterocycles. The third-order valence-corrected chi connectivity index (χ3v) is 4.60. The van der Waals surface area contributed by atoms with Gasteiger partial charge >= 0.3 is 0 Å². The molecule has 0 radical (unpaired) electrons. The third kappa shape index (κ3) is 2.35. The van der Waals surface area contributed by atoms with E-state index in [1.165, 1.54) is 0 Å². The second-order valence-corrected chi connectivity index (χ2v) is 5.64. The molecule has 2 aromatic rings. The van der Waals surface area contributed by atoms with Crippen LogP contribution in [0, 0.1) is 0 Å². The maximum Gasteiger partial charge on any atom is 0.163 e. The minimum atomic E-state index is -0.0852. The van der Waals surface area contributed by atoms with Crippen LogP contribution in [0.2, 0.25) is 0 Å². The summed E-state index contributed by atoms with van der Waals surface area (Å²) in [4.78, 5) is 8.20. The van der Waals surface area contributed by atoms with Gasteiger partial charge in [0.2, 0.25) is 0 Å². The van der Waals surface area contributed by atoms with Crippen LogP contribution in [-0.4, -0.2) is 29.7 Å². The van der Waals surface area contributed by atoms with E-state index in [1.807, 2.05) is 12.1 Å². The summed E-state index contributed by atoms with van der Waals surface area (Å²) in [5, 5.41) is 0. The molecule has 0 spiro atoms. The molecule has 3 rings (SSSR count). The Morgan fingerprint density at radius 3 is 2.48 bits per heavy atom. The first-order valence-electron chi connectivity index (χ1n) is 7.72. The van der Waals surface area contributed by atoms with Crippen molar-refractivity contribution in [2.24, 2.45) is 5.73 Å². The summed E-state index contributed by atoms with van der Waals surface area (Å²) in [6.07, 6.45) is 2.84. The van der Waals surface area contributed by atoms with E-state index in [1.54, 1.807) is 0 Å². The van der Waals surface area contributed by atoms with Crippen molar-refractivity contribution >= 4 is 11.0 Å². The number of H-pyrrole nitrogens is 1. The van der Waals surface area contributed by atoms with Crippen molar-refractivity contribution in [1.29, 1.82) is 0 Å². The summed E-state index contributed by atoms with van der Waals surface area (Å²) in [7, 11) is 0. The van der Waals surface area contributed by atoms with Crippen LogP contribution in [0.3, 0.4) is 0 Å². The summed E-state index contributed by atoms with van der Waals surface area (Å²) in [6.45, 7) is 6.28. The maximum absolute atomic E-state index is 6.02. The monoisotopic (exact) mass is 289 g/mol. The number of benzene rings is 1. The van der Waals surface area contributed by atoms with Crippen molar-refractivity contribution in [3.63, 3.8) is 0 Å². The number of hydrogen-bond donors (Lipinski definition) is 2. The van der Waals surface area contributed by atoms with Crippen molar-refractivity contribution in [3.05, 3.63) is 18.0 Å². The molecule has 0 unspecified atom stereocenters. The zero-order valence-corrected chi connectivity index (χ0v) is 12.7. The third-order valence-electron chi connectivity index (χ3n) is 4.60. The van der Waals surface area contributed by atoms with Gasteiger partial charge in [0.25, 0.3) is 0 Å². The SMILES string of the molecule is CCC(CC)(CN)c1nc2cc3c(cc2[nH]1)OCCCO3. The fraction of sp³-hybridized carbons (Fsp3) is 0.562. The van der Waals surface area contributed by atoms with E-state index in [-0.39, 0.29) is 5.41 Å². The predicted octanol–water partition coefficient (Wildman–Crippen LogP) is 2.74. The van der Waals surface area contributed by atoms with Crippen LogP contribution in [0.5, 0.6) is 11.5 Å². The quantitative estimate of drug-likeness (QED) is 0.907. The van der Waals surface area contributed by atoms with Crippen LogP contribution in [0.4, 0.5) is 0 Å². The van der Waals surface area contributed by atoms with Crippen LogP contribution in [0.25, 0.3) is 11.0 Å². The minimum absolute atomic E-state index is 0.0852. The Morgan fingerprint density at radius 1 is 1.19 bits per heavy atom. The molecule has 2 heterocycles. The molecule has 114 valence electrons. The Labute approximate surface area is 124 Å². The van der Waals surface area contributed by atoms with Crippen molar-refractivity contribution in [2.45, 2.75) is 38.5 Å². The lowest BCUT2D eigenvalue weighted by Crippen LogP contribution is -2.35. The Morgan fingerprint density at radius 2 is 1.86 bits per heavy atom. The lowest BCUT2D eigenvalue weighted by atomic mass is 9.82. The lowest BCUT2D eigenvalue weighted by Gasteiger charge is -2.27. The molecule has 5 heteroatoms. The van der Waals surface area contributed by atoms with Crippen molar-refractivity contribution in [1.82, 2.24) is 9.97 Å². The standard InChI is InChI=1S/C16H23N3O2/c1-3-16(4-2,10-17)15-18-11-8-13-14(9-12(11)19-15)21-7-5-6-20-13/h8-9H,3-7,10,17H2,1-2H3,(H,18,19). The van der Waals surface area contributed by atoms with Crippen LogP contribution in [0.1, 0.15) is 38.9 Å². The molecule has 3 N–H and O–H groups in total. The highest BCUT2D eigenvalue weighted by Gasteiger charge is 2.30. The predicted molar refractivity (Wildman–Crippen MR) is 83.0 cm³/mol. The topological polar surface area (TPSA) is 73.2 Å². The van der Waals surface area contributed by atoms with Gasteiger partial charge in [0.15, 0.2) is 11.5 Å². The van der Waals surface area contributed by atoms with E-state index in [0.717, 1.165) is 47.6 Å². The Bertz CT molecular complexity index is 580. The van der Waals surface area contributed by atoms with E-state index < -0.39 is 0 Å². The Kier molecular flexibility index (Phi) is 3.76. The Balaban J connectivity index is 2.08. The Hall–Kier alpha value is -1.75. The van der Waals surface area contributed by atoms with E-state index in [2.05, 4.69) is 18.8 Å². The smallest absolute Gasteiger partial charge is 0.163 e. The average Bonchev–Trinajstić information content (AvgIpc) is 2.78. The molecule has 1 aliphatic heterocycles. The number of ether oxygens (including phenoxy) is 2. The molecule has 1 aromatic heterocycles. The molecule has 0 fully saturated rings. The molecule has 1 aliphatic rings. The van der Waals surface area contributed by atoms with Gasteiger partial charge in [-0.25, -0.2) is 4.98 Å². The fourth-order valence-corrected chi connectivity index (χ4v) is 2.89. The molecular formula is C16H23N3O2. The highest BCUT2D eigenvalue weighted by atomic mass is 16.5. The van der Waals surface area contributed by atoms with Gasteiger partial charge in [-0.1, -0.05) is 13.8 Å². The van der Waals surface area contributed by atoms with Crippen LogP contribution in [0.15, 0.2) is 12.1 Å². The summed E-state index contributed by atoms with van der Waals surface area (Å²) in [6, 6.07) is 3.95. The number of nitrogens with zero attached hydrogens (tertiary/aromatic N) is 1. The van der Waals surface area contributed by atoms with Crippen LogP contribution < -0.4 is 15.2 Å². The number of nitrogens with two attached hydrogens (primary N) is 1. The first-order chi connectivity index (χ1) is 10.2. The van der Waals surface area contributed by atoms with Gasteiger partial charge in [-0.05, 0) is 12.8 Å². The molecule has 21 heavy (non-hydrogen) atoms. The molecule has 5 nitrogen and oxygen atoms in total. The van der Waals surface area contributed by atoms with E-state index in [4.69, 9.17) is 20.2 Å². The minimum Gasteiger partial charge on any atom is -0.489 e. The van der Waals surface area contributed by atoms with Gasteiger partial charge in [0.1, 0.15) is 5.82 Å². The maximum atomic E-state index is 6.02. The second kappa shape index (κ2) is 5.56. The summed E-state index contributed by atoms with van der Waals surface area (Å²) >= 11 is 0. The van der Waals surface area contributed by atoms with Gasteiger partial charge in [-0.3, -0.25) is 0 Å². The number of nitrogens with one attached hydrogen (secondary N) is 1. The summed E-state index contributed by atoms with van der Waals surface area (Å²) in [5.41, 5.74) is 7.82. The number of aromatic amines is 1. The van der Waals surface area contributed by atoms with E-state index in [0.29, 0.717) is 19.8 Å². The average molecular weight is 289 g/mol. The van der Waals surface area contributed by atoms with Crippen molar-refractivity contribution < 1.29 is 9.47 Å². The highest BCUT2D eigenvalue weighted by molar-refractivity contribution is 5.80. The first-order valence-corrected chi connectivity index (χ1v) is 7.72. The lowest BCUT2D eigenvalue weighted by molar-refractivity contribution is 0.297. The highest BCUT2D eigenvalue weighted by Crippen LogP contribution is 2.36. The molecule has 0 amide bonds. The number of fused-ring (bicyclic) bond motifs is 2. The fourth-order valence-electron chi connectivity index (χ4n) is 2.89. The van der Waals surface area contributed by atoms with Gasteiger partial charge in [-0.15, -0.1) is 0 Å². The zero-order valence-electron chi connectivity index (χ0n) is 12.7. The zero-order chi connectivity index (χ0) is 14.9. The first kappa shape index (κ1) is 14.2. The second-order valence-electron chi connectivity index (χ2n) is 5.64. The van der Waals surface area contributed by atoms with Gasteiger partial charge in [-0.2, -0.15) is 0 Å². The van der Waals surface area contributed by atoms with Crippen molar-refractivity contribution in [3.8, 4) is 11.5 Å². The molecule has 0 atom stereocenters. The summed E-state index contributed by atoms with van der Waals surface area (Å²) in [5.74, 6) is 2.54. The van der Waals surface area contributed by atoms with Gasteiger partial charge in [0.05, 0.1) is 24.2 Å². The number of rotatable bonds is 4. The number of hydrogen-bond acceptors (Lipinski definition) is 4. The summed E-state index contributed by atoms with van der Waals surface area (Å²) < 4.78 is 11.5. The van der Waals surface area contributed by atoms with Crippen LogP contribution in [-0.2, 0) is 5.41 Å². The molecule has 0 aliphatic carbocycles. The molecule has 1 aromatic carbocycles. The molecule has 0 bridgehead atoms. The van der Waals surface area contributed by atoms with Crippen molar-refractivity contribution in [2.75, 3.05) is 19.8 Å². The number of imidazole rings is 1. The largest absolute Gasteiger partial charge is 0.489 e.